The Bertz CT molecular complexity index is 415. The van der Waals surface area contributed by atoms with Crippen LogP contribution in [0.1, 0.15) is 58.4 Å². The summed E-state index contributed by atoms with van der Waals surface area (Å²) in [5.74, 6) is 0.898. The van der Waals surface area contributed by atoms with Crippen molar-refractivity contribution in [1.29, 1.82) is 0 Å². The molecule has 3 heteroatoms. The number of aryl methyl sites for hydroxylation is 1. The number of amides is 1. The first-order valence-corrected chi connectivity index (χ1v) is 7.77. The molecule has 1 aromatic rings. The number of unbranched alkanes of at least 4 members (excludes halogenated alkanes) is 2. The highest BCUT2D eigenvalue weighted by Gasteiger charge is 2.11. The van der Waals surface area contributed by atoms with Crippen LogP contribution in [0.15, 0.2) is 18.2 Å². The summed E-state index contributed by atoms with van der Waals surface area (Å²) in [5.41, 5.74) is 1.95. The van der Waals surface area contributed by atoms with Crippen molar-refractivity contribution < 1.29 is 9.53 Å². The lowest BCUT2D eigenvalue weighted by atomic mass is 10.1. The molecule has 0 aliphatic rings. The van der Waals surface area contributed by atoms with Crippen molar-refractivity contribution in [3.05, 3.63) is 23.8 Å². The number of hydrogen-bond donors (Lipinski definition) is 1. The summed E-state index contributed by atoms with van der Waals surface area (Å²) in [6.45, 7) is 6.99. The molecule has 3 nitrogen and oxygen atoms in total. The van der Waals surface area contributed by atoms with Gasteiger partial charge < -0.3 is 10.1 Å². The summed E-state index contributed by atoms with van der Waals surface area (Å²) >= 11 is 0. The maximum absolute atomic E-state index is 11.8. The van der Waals surface area contributed by atoms with Crippen LogP contribution in [0.3, 0.4) is 0 Å². The van der Waals surface area contributed by atoms with Crippen LogP contribution < -0.4 is 10.1 Å². The first kappa shape index (κ1) is 16.5. The standard InChI is InChI=1S/C17H27NO2/c1-4-7-8-13-20-17-14(6-3)11-9-12-15(17)18-16(19)10-5-2/h9,11-12H,4-8,10,13H2,1-3H3,(H,18,19). The fourth-order valence-corrected chi connectivity index (χ4v) is 2.10. The van der Waals surface area contributed by atoms with Gasteiger partial charge in [0, 0.05) is 6.42 Å². The zero-order valence-electron chi connectivity index (χ0n) is 13.0. The molecule has 0 aliphatic carbocycles. The van der Waals surface area contributed by atoms with E-state index in [0.29, 0.717) is 13.0 Å². The molecule has 0 aromatic heterocycles. The third kappa shape index (κ3) is 5.24. The Morgan fingerprint density at radius 3 is 2.60 bits per heavy atom. The SMILES string of the molecule is CCCCCOc1c(CC)cccc1NC(=O)CCC. The highest BCUT2D eigenvalue weighted by atomic mass is 16.5. The molecule has 0 saturated carbocycles. The van der Waals surface area contributed by atoms with E-state index < -0.39 is 0 Å². The van der Waals surface area contributed by atoms with Crippen LogP contribution in [0.2, 0.25) is 0 Å². The van der Waals surface area contributed by atoms with E-state index in [1.54, 1.807) is 0 Å². The Morgan fingerprint density at radius 1 is 1.15 bits per heavy atom. The van der Waals surface area contributed by atoms with Gasteiger partial charge in [-0.3, -0.25) is 4.79 Å². The largest absolute Gasteiger partial charge is 0.491 e. The smallest absolute Gasteiger partial charge is 0.224 e. The van der Waals surface area contributed by atoms with Crippen LogP contribution in [-0.2, 0) is 11.2 Å². The summed E-state index contributed by atoms with van der Waals surface area (Å²) in [7, 11) is 0. The Balaban J connectivity index is 2.78. The monoisotopic (exact) mass is 277 g/mol. The number of ether oxygens (including phenoxy) is 1. The summed E-state index contributed by atoms with van der Waals surface area (Å²) in [4.78, 5) is 11.8. The number of para-hydroxylation sites is 1. The van der Waals surface area contributed by atoms with Gasteiger partial charge >= 0.3 is 0 Å². The molecule has 112 valence electrons. The molecule has 0 atom stereocenters. The molecular weight excluding hydrogens is 250 g/mol. The molecule has 20 heavy (non-hydrogen) atoms. The van der Waals surface area contributed by atoms with Crippen molar-refractivity contribution in [3.8, 4) is 5.75 Å². The lowest BCUT2D eigenvalue weighted by molar-refractivity contribution is -0.116. The molecule has 0 aliphatic heterocycles. The Morgan fingerprint density at radius 2 is 1.95 bits per heavy atom. The van der Waals surface area contributed by atoms with E-state index in [-0.39, 0.29) is 5.91 Å². The van der Waals surface area contributed by atoms with E-state index in [1.165, 1.54) is 12.8 Å². The second-order valence-electron chi connectivity index (χ2n) is 5.00. The Kier molecular flexibility index (Phi) is 7.78. The van der Waals surface area contributed by atoms with Crippen LogP contribution in [0.5, 0.6) is 5.75 Å². The van der Waals surface area contributed by atoms with Gasteiger partial charge in [-0.1, -0.05) is 45.7 Å². The third-order valence-electron chi connectivity index (χ3n) is 3.22. The summed E-state index contributed by atoms with van der Waals surface area (Å²) in [6, 6.07) is 5.95. The van der Waals surface area contributed by atoms with E-state index in [4.69, 9.17) is 4.74 Å². The molecule has 0 bridgehead atoms. The first-order chi connectivity index (χ1) is 9.72. The van der Waals surface area contributed by atoms with Crippen molar-refractivity contribution in [3.63, 3.8) is 0 Å². The average Bonchev–Trinajstić information content (AvgIpc) is 2.44. The van der Waals surface area contributed by atoms with Gasteiger partial charge in [0.2, 0.25) is 5.91 Å². The first-order valence-electron chi connectivity index (χ1n) is 7.77. The number of anilines is 1. The molecule has 1 rings (SSSR count). The second kappa shape index (κ2) is 9.40. The predicted octanol–water partition coefficient (Wildman–Crippen LogP) is 4.56. The quantitative estimate of drug-likeness (QED) is 0.672. The van der Waals surface area contributed by atoms with Crippen LogP contribution in [0.4, 0.5) is 5.69 Å². The third-order valence-corrected chi connectivity index (χ3v) is 3.22. The summed E-state index contributed by atoms with van der Waals surface area (Å²) < 4.78 is 5.93. The molecule has 0 radical (unpaired) electrons. The van der Waals surface area contributed by atoms with Crippen LogP contribution in [-0.4, -0.2) is 12.5 Å². The van der Waals surface area contributed by atoms with Crippen LogP contribution in [0, 0.1) is 0 Å². The minimum Gasteiger partial charge on any atom is -0.491 e. The maximum Gasteiger partial charge on any atom is 0.224 e. The lowest BCUT2D eigenvalue weighted by Crippen LogP contribution is -2.13. The van der Waals surface area contributed by atoms with E-state index in [2.05, 4.69) is 25.2 Å². The second-order valence-corrected chi connectivity index (χ2v) is 5.00. The lowest BCUT2D eigenvalue weighted by Gasteiger charge is -2.16. The van der Waals surface area contributed by atoms with E-state index in [1.807, 2.05) is 19.1 Å². The number of carbonyl (C=O) groups excluding carboxylic acids is 1. The Hall–Kier alpha value is -1.51. The highest BCUT2D eigenvalue weighted by molar-refractivity contribution is 5.92. The Labute approximate surface area is 122 Å². The van der Waals surface area contributed by atoms with Crippen molar-refractivity contribution in [2.24, 2.45) is 0 Å². The molecule has 0 unspecified atom stereocenters. The van der Waals surface area contributed by atoms with Gasteiger partial charge in [-0.15, -0.1) is 0 Å². The topological polar surface area (TPSA) is 38.3 Å². The minimum atomic E-state index is 0.0548. The molecule has 0 saturated heterocycles. The van der Waals surface area contributed by atoms with Crippen LogP contribution in [0.25, 0.3) is 0 Å². The number of nitrogens with one attached hydrogen (secondary N) is 1. The van der Waals surface area contributed by atoms with Gasteiger partial charge in [0.15, 0.2) is 0 Å². The molecular formula is C17H27NO2. The van der Waals surface area contributed by atoms with Crippen molar-refractivity contribution in [2.75, 3.05) is 11.9 Å². The molecule has 0 heterocycles. The average molecular weight is 277 g/mol. The van der Waals surface area contributed by atoms with E-state index in [9.17, 15) is 4.79 Å². The molecule has 1 aromatic carbocycles. The van der Waals surface area contributed by atoms with Crippen molar-refractivity contribution >= 4 is 11.6 Å². The van der Waals surface area contributed by atoms with Gasteiger partial charge in [-0.25, -0.2) is 0 Å². The zero-order valence-corrected chi connectivity index (χ0v) is 13.0. The van der Waals surface area contributed by atoms with Gasteiger partial charge in [-0.2, -0.15) is 0 Å². The molecule has 1 N–H and O–H groups in total. The number of hydrogen-bond acceptors (Lipinski definition) is 2. The summed E-state index contributed by atoms with van der Waals surface area (Å²) in [5, 5.41) is 2.96. The van der Waals surface area contributed by atoms with E-state index >= 15 is 0 Å². The van der Waals surface area contributed by atoms with Gasteiger partial charge in [-0.05, 0) is 30.9 Å². The van der Waals surface area contributed by atoms with Gasteiger partial charge in [0.1, 0.15) is 5.75 Å². The van der Waals surface area contributed by atoms with E-state index in [0.717, 1.165) is 36.3 Å². The molecule has 0 fully saturated rings. The van der Waals surface area contributed by atoms with Crippen LogP contribution >= 0.6 is 0 Å². The molecule has 1 amide bonds. The predicted molar refractivity (Wildman–Crippen MR) is 84.4 cm³/mol. The number of carbonyl (C=O) groups is 1. The van der Waals surface area contributed by atoms with Crippen molar-refractivity contribution in [1.82, 2.24) is 0 Å². The molecule has 0 spiro atoms. The maximum atomic E-state index is 11.8. The fraction of sp³-hybridized carbons (Fsp3) is 0.588. The normalized spacial score (nSPS) is 10.3. The zero-order chi connectivity index (χ0) is 14.8. The summed E-state index contributed by atoms with van der Waals surface area (Å²) in [6.07, 6.45) is 5.71. The van der Waals surface area contributed by atoms with Gasteiger partial charge in [0.25, 0.3) is 0 Å². The van der Waals surface area contributed by atoms with Gasteiger partial charge in [0.05, 0.1) is 12.3 Å². The van der Waals surface area contributed by atoms with Crippen molar-refractivity contribution in [2.45, 2.75) is 59.3 Å². The highest BCUT2D eigenvalue weighted by Crippen LogP contribution is 2.30. The number of benzene rings is 1. The minimum absolute atomic E-state index is 0.0548. The number of rotatable bonds is 9. The fourth-order valence-electron chi connectivity index (χ4n) is 2.10.